The van der Waals surface area contributed by atoms with Crippen LogP contribution in [0, 0.1) is 17.1 Å². The number of aromatic nitrogens is 3. The average Bonchev–Trinajstić information content (AvgIpc) is 2.89. The first-order chi connectivity index (χ1) is 9.11. The number of carboxylic acid groups (broad SMARTS) is 1. The molecule has 0 aliphatic heterocycles. The fourth-order valence-corrected chi connectivity index (χ4v) is 1.44. The minimum atomic E-state index is -1.36. The Kier molecular flexibility index (Phi) is 3.34. The Balaban J connectivity index is 2.40. The van der Waals surface area contributed by atoms with Crippen molar-refractivity contribution in [2.75, 3.05) is 0 Å². The maximum atomic E-state index is 13.8. The quantitative estimate of drug-likeness (QED) is 0.663. The van der Waals surface area contributed by atoms with Crippen molar-refractivity contribution in [1.29, 1.82) is 5.26 Å². The maximum Gasteiger partial charge on any atom is 0.346 e. The van der Waals surface area contributed by atoms with Crippen LogP contribution >= 0.6 is 0 Å². The zero-order chi connectivity index (χ0) is 13.8. The first-order valence-corrected chi connectivity index (χ1v) is 5.11. The second-order valence-electron chi connectivity index (χ2n) is 3.53. The lowest BCUT2D eigenvalue weighted by molar-refractivity contribution is -0.132. The van der Waals surface area contributed by atoms with E-state index in [1.54, 1.807) is 0 Å². The van der Waals surface area contributed by atoms with Crippen LogP contribution in [0.3, 0.4) is 0 Å². The maximum absolute atomic E-state index is 13.8. The molecule has 0 amide bonds. The minimum Gasteiger partial charge on any atom is -0.477 e. The normalized spacial score (nSPS) is 11.1. The summed E-state index contributed by atoms with van der Waals surface area (Å²) in [5, 5.41) is 21.1. The van der Waals surface area contributed by atoms with E-state index in [9.17, 15) is 9.18 Å². The molecule has 2 rings (SSSR count). The summed E-state index contributed by atoms with van der Waals surface area (Å²) < 4.78 is 15.1. The summed E-state index contributed by atoms with van der Waals surface area (Å²) in [6.45, 7) is 0. The van der Waals surface area contributed by atoms with E-state index in [2.05, 4.69) is 10.1 Å². The Morgan fingerprint density at radius 2 is 2.32 bits per heavy atom. The van der Waals surface area contributed by atoms with Gasteiger partial charge in [0.1, 0.15) is 35.8 Å². The van der Waals surface area contributed by atoms with Gasteiger partial charge in [-0.1, -0.05) is 6.07 Å². The molecule has 1 N–H and O–H groups in total. The van der Waals surface area contributed by atoms with Gasteiger partial charge < -0.3 is 5.11 Å². The molecule has 0 saturated heterocycles. The Hall–Kier alpha value is -3.01. The average molecular weight is 258 g/mol. The van der Waals surface area contributed by atoms with Crippen LogP contribution in [0.15, 0.2) is 36.4 Å². The van der Waals surface area contributed by atoms with Crippen LogP contribution in [0.25, 0.3) is 11.8 Å². The molecule has 0 saturated carbocycles. The largest absolute Gasteiger partial charge is 0.477 e. The second-order valence-corrected chi connectivity index (χ2v) is 3.53. The molecular formula is C12H7FN4O2. The lowest BCUT2D eigenvalue weighted by Crippen LogP contribution is -2.00. The number of nitriles is 1. The number of hydrogen-bond donors (Lipinski definition) is 1. The van der Waals surface area contributed by atoms with Crippen LogP contribution in [-0.2, 0) is 4.79 Å². The zero-order valence-corrected chi connectivity index (χ0v) is 9.49. The summed E-state index contributed by atoms with van der Waals surface area (Å²) in [5.41, 5.74) is -0.00305. The smallest absolute Gasteiger partial charge is 0.346 e. The van der Waals surface area contributed by atoms with Crippen LogP contribution in [0.2, 0.25) is 0 Å². The van der Waals surface area contributed by atoms with E-state index in [1.165, 1.54) is 35.5 Å². The van der Waals surface area contributed by atoms with Gasteiger partial charge in [-0.25, -0.2) is 18.9 Å². The lowest BCUT2D eigenvalue weighted by Gasteiger charge is -2.03. The van der Waals surface area contributed by atoms with Crippen molar-refractivity contribution in [3.63, 3.8) is 0 Å². The summed E-state index contributed by atoms with van der Waals surface area (Å²) >= 11 is 0. The first-order valence-electron chi connectivity index (χ1n) is 5.11. The van der Waals surface area contributed by atoms with Crippen molar-refractivity contribution in [2.45, 2.75) is 0 Å². The summed E-state index contributed by atoms with van der Waals surface area (Å²) in [5.74, 6) is -1.95. The van der Waals surface area contributed by atoms with E-state index < -0.39 is 17.4 Å². The molecule has 0 fully saturated rings. The van der Waals surface area contributed by atoms with E-state index in [0.29, 0.717) is 0 Å². The first kappa shape index (κ1) is 12.4. The molecule has 0 radical (unpaired) electrons. The zero-order valence-electron chi connectivity index (χ0n) is 9.49. The third-order valence-corrected chi connectivity index (χ3v) is 2.30. The number of nitrogens with zero attached hydrogens (tertiary/aromatic N) is 4. The van der Waals surface area contributed by atoms with Crippen molar-refractivity contribution in [3.05, 3.63) is 47.8 Å². The van der Waals surface area contributed by atoms with Crippen LogP contribution in [-0.4, -0.2) is 25.8 Å². The number of halogens is 1. The lowest BCUT2D eigenvalue weighted by atomic mass is 10.1. The Labute approximate surface area is 107 Å². The van der Waals surface area contributed by atoms with Gasteiger partial charge in [-0.15, -0.1) is 0 Å². The molecule has 0 atom stereocenters. The molecule has 19 heavy (non-hydrogen) atoms. The molecule has 7 heteroatoms. The predicted octanol–water partition coefficient (Wildman–Crippen LogP) is 1.40. The van der Waals surface area contributed by atoms with Gasteiger partial charge in [0.25, 0.3) is 0 Å². The molecule has 0 bridgehead atoms. The third-order valence-electron chi connectivity index (χ3n) is 2.30. The summed E-state index contributed by atoms with van der Waals surface area (Å²) in [6.07, 6.45) is 3.70. The van der Waals surface area contributed by atoms with Crippen LogP contribution in [0.5, 0.6) is 0 Å². The van der Waals surface area contributed by atoms with E-state index >= 15 is 0 Å². The highest BCUT2D eigenvalue weighted by Crippen LogP contribution is 2.16. The van der Waals surface area contributed by atoms with Gasteiger partial charge >= 0.3 is 5.97 Å². The van der Waals surface area contributed by atoms with Crippen molar-refractivity contribution in [2.24, 2.45) is 0 Å². The Bertz CT molecular complexity index is 686. The number of benzene rings is 1. The summed E-state index contributed by atoms with van der Waals surface area (Å²) in [7, 11) is 0. The predicted molar refractivity (Wildman–Crippen MR) is 62.5 cm³/mol. The molecule has 2 aromatic rings. The summed E-state index contributed by atoms with van der Waals surface area (Å²) in [6, 6.07) is 5.56. The van der Waals surface area contributed by atoms with Crippen molar-refractivity contribution < 1.29 is 14.3 Å². The summed E-state index contributed by atoms with van der Waals surface area (Å²) in [4.78, 5) is 14.4. The number of hydrogen-bond acceptors (Lipinski definition) is 4. The van der Waals surface area contributed by atoms with E-state index in [-0.39, 0.29) is 11.3 Å². The van der Waals surface area contributed by atoms with Gasteiger partial charge in [-0.05, 0) is 23.8 Å². The third kappa shape index (κ3) is 2.63. The van der Waals surface area contributed by atoms with Crippen LogP contribution in [0.1, 0.15) is 5.56 Å². The van der Waals surface area contributed by atoms with Gasteiger partial charge in [0.05, 0.1) is 0 Å². The second kappa shape index (κ2) is 5.10. The number of aliphatic carboxylic acids is 1. The molecule has 1 aromatic carbocycles. The standard InChI is InChI=1S/C12H7FN4O2/c13-10-4-8(3-9(5-14)12(18)19)1-2-11(10)17-7-15-6-16-17/h1-4,6-7H,(H,18,19)/b9-3+. The van der Waals surface area contributed by atoms with Gasteiger partial charge in [-0.3, -0.25) is 0 Å². The number of carboxylic acids is 1. The van der Waals surface area contributed by atoms with Crippen LogP contribution < -0.4 is 0 Å². The number of rotatable bonds is 3. The highest BCUT2D eigenvalue weighted by atomic mass is 19.1. The fourth-order valence-electron chi connectivity index (χ4n) is 1.44. The molecule has 0 spiro atoms. The Morgan fingerprint density at radius 1 is 1.53 bits per heavy atom. The van der Waals surface area contributed by atoms with Gasteiger partial charge in [0, 0.05) is 0 Å². The minimum absolute atomic E-state index is 0.184. The molecule has 6 nitrogen and oxygen atoms in total. The number of carbonyl (C=O) groups is 1. The van der Waals surface area contributed by atoms with Crippen molar-refractivity contribution in [3.8, 4) is 11.8 Å². The topological polar surface area (TPSA) is 91.8 Å². The van der Waals surface area contributed by atoms with E-state index in [4.69, 9.17) is 10.4 Å². The van der Waals surface area contributed by atoms with Crippen LogP contribution in [0.4, 0.5) is 4.39 Å². The van der Waals surface area contributed by atoms with Crippen molar-refractivity contribution in [1.82, 2.24) is 14.8 Å². The molecule has 0 aliphatic rings. The van der Waals surface area contributed by atoms with Gasteiger partial charge in [0.2, 0.25) is 0 Å². The highest BCUT2D eigenvalue weighted by molar-refractivity contribution is 5.96. The molecule has 1 heterocycles. The fraction of sp³-hybridized carbons (Fsp3) is 0. The molecule has 94 valence electrons. The van der Waals surface area contributed by atoms with Crippen molar-refractivity contribution >= 4 is 12.0 Å². The van der Waals surface area contributed by atoms with E-state index in [1.807, 2.05) is 0 Å². The van der Waals surface area contributed by atoms with E-state index in [0.717, 1.165) is 12.1 Å². The molecule has 1 aromatic heterocycles. The van der Waals surface area contributed by atoms with Gasteiger partial charge in [0.15, 0.2) is 0 Å². The SMILES string of the molecule is N#C/C(=C\c1ccc(-n2cncn2)c(F)c1)C(=O)O. The highest BCUT2D eigenvalue weighted by Gasteiger charge is 2.09. The Morgan fingerprint density at radius 3 is 2.84 bits per heavy atom. The van der Waals surface area contributed by atoms with Gasteiger partial charge in [-0.2, -0.15) is 10.4 Å². The monoisotopic (exact) mass is 258 g/mol. The molecular weight excluding hydrogens is 251 g/mol. The molecule has 0 aliphatic carbocycles. The molecule has 0 unspecified atom stereocenters.